The van der Waals surface area contributed by atoms with Crippen molar-refractivity contribution in [2.45, 2.75) is 157 Å². The Morgan fingerprint density at radius 2 is 0.891 bits per heavy atom. The topological polar surface area (TPSA) is 326 Å². The van der Waals surface area contributed by atoms with Crippen LogP contribution >= 0.6 is 0 Å². The average molecular weight is 799 g/mol. The molecule has 6 heterocycles. The Morgan fingerprint density at radius 3 is 1.35 bits per heavy atom. The molecule has 314 valence electrons. The van der Waals surface area contributed by atoms with Gasteiger partial charge in [-0.1, -0.05) is 0 Å². The van der Waals surface area contributed by atoms with E-state index in [-0.39, 0.29) is 0 Å². The van der Waals surface area contributed by atoms with Gasteiger partial charge in [0.05, 0.1) is 25.9 Å². The first kappa shape index (κ1) is 43.4. The van der Waals surface area contributed by atoms with Crippen LogP contribution in [0, 0.1) is 0 Å². The summed E-state index contributed by atoms with van der Waals surface area (Å²) in [6.45, 7) is 3.18. The lowest BCUT2D eigenvalue weighted by Gasteiger charge is -2.52. The van der Waals surface area contributed by atoms with Crippen LogP contribution in [0.5, 0.6) is 0 Å². The van der Waals surface area contributed by atoms with Crippen LogP contribution in [0.25, 0.3) is 0 Å². The number of fused-ring (bicyclic) bond motifs is 2. The predicted molar refractivity (Wildman–Crippen MR) is 171 cm³/mol. The van der Waals surface area contributed by atoms with E-state index in [9.17, 15) is 54.9 Å². The van der Waals surface area contributed by atoms with E-state index in [1.54, 1.807) is 0 Å². The average Bonchev–Trinajstić information content (AvgIpc) is 3.10. The SMILES string of the molecule is CC(=O)N[C@H]1[C@@H]2O[C@H]3[C@@H](OC(C)=O)[C@H](OC(C)=O)[C@H](O[C@H]4[C@H](O[C@H]5[C@@H](O)[C@@H](CO)O[C@H](O[C@H]1[C@@H](O)[C@@H](CO)O2)[C@@H]5NC(C)=O)O[C@H](CO)[C@H](O)[C@@H]4O)O[C@H]3C. The molecule has 23 nitrogen and oxygen atoms in total. The molecule has 0 aromatic heterocycles. The second kappa shape index (κ2) is 18.3. The summed E-state index contributed by atoms with van der Waals surface area (Å²) in [5, 5.41) is 80.9. The first-order valence-corrected chi connectivity index (χ1v) is 17.7. The van der Waals surface area contributed by atoms with Crippen molar-refractivity contribution in [3.63, 3.8) is 0 Å². The lowest BCUT2D eigenvalue weighted by molar-refractivity contribution is -0.397. The fourth-order valence-corrected chi connectivity index (χ4v) is 7.31. The van der Waals surface area contributed by atoms with Gasteiger partial charge in [0.15, 0.2) is 37.4 Å². The van der Waals surface area contributed by atoms with E-state index in [1.807, 2.05) is 0 Å². The Bertz CT molecular complexity index is 1360. The van der Waals surface area contributed by atoms with Gasteiger partial charge in [-0.2, -0.15) is 0 Å². The van der Waals surface area contributed by atoms with Crippen LogP contribution in [0.15, 0.2) is 0 Å². The van der Waals surface area contributed by atoms with Crippen molar-refractivity contribution in [3.8, 4) is 0 Å². The lowest BCUT2D eigenvalue weighted by atomic mass is 9.93. The molecule has 0 aromatic carbocycles. The van der Waals surface area contributed by atoms with Crippen molar-refractivity contribution in [2.24, 2.45) is 0 Å². The minimum Gasteiger partial charge on any atom is -0.455 e. The smallest absolute Gasteiger partial charge is 0.303 e. The minimum absolute atomic E-state index is 0.692. The molecular weight excluding hydrogens is 748 g/mol. The van der Waals surface area contributed by atoms with Crippen molar-refractivity contribution >= 4 is 23.8 Å². The maximum atomic E-state index is 12.6. The van der Waals surface area contributed by atoms with Crippen LogP contribution in [-0.4, -0.2) is 202 Å². The molecule has 6 aliphatic rings. The van der Waals surface area contributed by atoms with E-state index in [2.05, 4.69) is 10.6 Å². The molecule has 6 fully saturated rings. The van der Waals surface area contributed by atoms with Crippen molar-refractivity contribution in [1.29, 1.82) is 0 Å². The number of aliphatic hydroxyl groups is 7. The monoisotopic (exact) mass is 798 g/mol. The molecule has 6 saturated heterocycles. The summed E-state index contributed by atoms with van der Waals surface area (Å²) in [5.41, 5.74) is 0. The third-order valence-corrected chi connectivity index (χ3v) is 9.77. The fourth-order valence-electron chi connectivity index (χ4n) is 7.31. The van der Waals surface area contributed by atoms with E-state index in [4.69, 9.17) is 47.4 Å². The highest BCUT2D eigenvalue weighted by Gasteiger charge is 2.59. The number of hydrogen-bond donors (Lipinski definition) is 9. The molecule has 55 heavy (non-hydrogen) atoms. The third-order valence-electron chi connectivity index (χ3n) is 9.77. The molecule has 6 aliphatic heterocycles. The zero-order valence-electron chi connectivity index (χ0n) is 30.5. The van der Waals surface area contributed by atoms with Gasteiger partial charge in [-0.3, -0.25) is 19.2 Å². The quantitative estimate of drug-likeness (QED) is 0.108. The van der Waals surface area contributed by atoms with Crippen LogP contribution in [-0.2, 0) is 66.5 Å². The first-order valence-electron chi connectivity index (χ1n) is 17.7. The molecular formula is C32H50N2O21. The molecule has 0 spiro atoms. The summed E-state index contributed by atoms with van der Waals surface area (Å²) < 4.78 is 59.8. The predicted octanol–water partition coefficient (Wildman–Crippen LogP) is -6.25. The zero-order valence-corrected chi connectivity index (χ0v) is 30.5. The number of aliphatic hydroxyl groups excluding tert-OH is 7. The number of carbonyl (C=O) groups is 4. The van der Waals surface area contributed by atoms with Gasteiger partial charge >= 0.3 is 11.9 Å². The Labute approximate surface area is 313 Å². The van der Waals surface area contributed by atoms with Gasteiger partial charge in [0, 0.05) is 27.7 Å². The van der Waals surface area contributed by atoms with Gasteiger partial charge in [0.1, 0.15) is 79.2 Å². The number of esters is 2. The van der Waals surface area contributed by atoms with Gasteiger partial charge in [-0.05, 0) is 6.92 Å². The molecule has 2 amide bonds. The third kappa shape index (κ3) is 9.37. The normalized spacial score (nSPS) is 46.1. The first-order chi connectivity index (χ1) is 26.0. The van der Waals surface area contributed by atoms with E-state index in [0.29, 0.717) is 0 Å². The molecule has 9 N–H and O–H groups in total. The second-order valence-electron chi connectivity index (χ2n) is 13.9. The second-order valence-corrected chi connectivity index (χ2v) is 13.9. The van der Waals surface area contributed by atoms with Gasteiger partial charge in [-0.25, -0.2) is 0 Å². The van der Waals surface area contributed by atoms with Crippen molar-refractivity contribution in [1.82, 2.24) is 10.6 Å². The summed E-state index contributed by atoms with van der Waals surface area (Å²) >= 11 is 0. The summed E-state index contributed by atoms with van der Waals surface area (Å²) in [6.07, 6.45) is -30.1. The molecule has 6 rings (SSSR count). The minimum atomic E-state index is -1.96. The fraction of sp³-hybridized carbons (Fsp3) is 0.875. The molecule has 0 radical (unpaired) electrons. The summed E-state index contributed by atoms with van der Waals surface area (Å²) in [7, 11) is 0. The molecule has 0 aromatic rings. The Hall–Kier alpha value is -2.72. The zero-order chi connectivity index (χ0) is 40.5. The summed E-state index contributed by atoms with van der Waals surface area (Å²) in [6, 6.07) is -3.05. The van der Waals surface area contributed by atoms with E-state index in [1.165, 1.54) is 6.92 Å². The van der Waals surface area contributed by atoms with Gasteiger partial charge in [0.25, 0.3) is 0 Å². The molecule has 0 aliphatic carbocycles. The van der Waals surface area contributed by atoms with Crippen LogP contribution < -0.4 is 10.6 Å². The highest BCUT2D eigenvalue weighted by atomic mass is 16.8. The van der Waals surface area contributed by atoms with E-state index < -0.39 is 166 Å². The lowest BCUT2D eigenvalue weighted by Crippen LogP contribution is -2.72. The van der Waals surface area contributed by atoms with Crippen molar-refractivity contribution in [2.75, 3.05) is 19.8 Å². The Morgan fingerprint density at radius 1 is 0.491 bits per heavy atom. The Balaban J connectivity index is 1.72. The number of ether oxygens (including phenoxy) is 10. The number of nitrogens with one attached hydrogen (secondary N) is 2. The van der Waals surface area contributed by atoms with Gasteiger partial charge in [-0.15, -0.1) is 0 Å². The molecule has 23 heteroatoms. The summed E-state index contributed by atoms with van der Waals surface area (Å²) in [5.74, 6) is -3.23. The van der Waals surface area contributed by atoms with Crippen LogP contribution in [0.1, 0.15) is 34.6 Å². The number of rotatable bonds is 7. The van der Waals surface area contributed by atoms with Crippen LogP contribution in [0.4, 0.5) is 0 Å². The molecule has 6 bridgehead atoms. The van der Waals surface area contributed by atoms with Crippen molar-refractivity contribution < 1.29 is 102 Å². The maximum Gasteiger partial charge on any atom is 0.303 e. The largest absolute Gasteiger partial charge is 0.455 e. The standard InChI is InChI=1S/C32H50N2O21/c1-9-23-27(47-12(4)40)28(48-13(5)41)32(46-9)55-26-22(45)19(42)14(6-35)51-31(26)54-25-18(34-11(3)39)30(50-16(8-37)21(25)44)53-24-17(33-10(2)38)29(52-23)49-15(7-36)20(24)43/h9,14-32,35-37,42-45H,6-8H2,1-5H3,(H,33,38)(H,34,39)/t9-,14+,15+,16+,17+,18+,19-,20-,21-,22-,23+,24+,25+,26+,27+,28-,29-,30+,31-,32-/m0/s1. The van der Waals surface area contributed by atoms with Crippen LogP contribution in [0.2, 0.25) is 0 Å². The Kier molecular flexibility index (Phi) is 14.4. The summed E-state index contributed by atoms with van der Waals surface area (Å²) in [4.78, 5) is 50.3. The number of hydrogen-bond acceptors (Lipinski definition) is 21. The number of amides is 2. The highest BCUT2D eigenvalue weighted by Crippen LogP contribution is 2.38. The van der Waals surface area contributed by atoms with Crippen LogP contribution in [0.3, 0.4) is 0 Å². The molecule has 0 unspecified atom stereocenters. The maximum absolute atomic E-state index is 12.6. The van der Waals surface area contributed by atoms with E-state index >= 15 is 0 Å². The van der Waals surface area contributed by atoms with E-state index in [0.717, 1.165) is 27.7 Å². The molecule has 0 saturated carbocycles. The number of carbonyl (C=O) groups excluding carboxylic acids is 4. The highest BCUT2D eigenvalue weighted by molar-refractivity contribution is 5.73. The molecule has 20 atom stereocenters. The van der Waals surface area contributed by atoms with Gasteiger partial charge < -0.3 is 93.7 Å². The van der Waals surface area contributed by atoms with Gasteiger partial charge in [0.2, 0.25) is 11.8 Å². The van der Waals surface area contributed by atoms with Crippen molar-refractivity contribution in [3.05, 3.63) is 0 Å².